The van der Waals surface area contributed by atoms with Gasteiger partial charge in [0.25, 0.3) is 5.91 Å². The molecule has 1 atom stereocenters. The van der Waals surface area contributed by atoms with E-state index in [1.807, 2.05) is 31.2 Å². The molecule has 0 aromatic heterocycles. The van der Waals surface area contributed by atoms with Crippen molar-refractivity contribution in [2.75, 3.05) is 12.9 Å². The van der Waals surface area contributed by atoms with Gasteiger partial charge in [-0.25, -0.2) is 4.79 Å². The van der Waals surface area contributed by atoms with Gasteiger partial charge in [0.05, 0.1) is 12.9 Å². The van der Waals surface area contributed by atoms with Crippen LogP contribution < -0.4 is 15.5 Å². The van der Waals surface area contributed by atoms with Gasteiger partial charge in [-0.1, -0.05) is 30.3 Å². The minimum absolute atomic E-state index is 0.0811. The summed E-state index contributed by atoms with van der Waals surface area (Å²) in [4.78, 5) is 38.5. The molecule has 8 heteroatoms. The Morgan fingerprint density at radius 3 is 2.68 bits per heavy atom. The van der Waals surface area contributed by atoms with Gasteiger partial charge in [0.15, 0.2) is 0 Å². The molecule has 1 fully saturated rings. The highest BCUT2D eigenvalue weighted by atomic mass is 32.2. The Labute approximate surface area is 167 Å². The van der Waals surface area contributed by atoms with Gasteiger partial charge in [0, 0.05) is 4.90 Å². The summed E-state index contributed by atoms with van der Waals surface area (Å²) in [6.07, 6.45) is 0. The van der Waals surface area contributed by atoms with Crippen LogP contribution in [0.1, 0.15) is 18.1 Å². The number of aryl methyl sites for hydroxylation is 1. The van der Waals surface area contributed by atoms with Crippen LogP contribution in [0, 0.1) is 6.92 Å². The van der Waals surface area contributed by atoms with Crippen molar-refractivity contribution in [2.45, 2.75) is 24.3 Å². The van der Waals surface area contributed by atoms with Crippen LogP contribution in [0.25, 0.3) is 0 Å². The van der Waals surface area contributed by atoms with E-state index in [1.165, 1.54) is 18.9 Å². The highest BCUT2D eigenvalue weighted by Gasteiger charge is 2.50. The number of nitrogens with one attached hydrogen (secondary N) is 2. The summed E-state index contributed by atoms with van der Waals surface area (Å²) < 4.78 is 5.19. The van der Waals surface area contributed by atoms with E-state index in [4.69, 9.17) is 4.74 Å². The molecule has 0 bridgehead atoms. The van der Waals surface area contributed by atoms with Gasteiger partial charge in [-0.15, -0.1) is 11.8 Å². The third-order valence-corrected chi connectivity index (χ3v) is 5.70. The van der Waals surface area contributed by atoms with Gasteiger partial charge in [-0.2, -0.15) is 5.01 Å². The van der Waals surface area contributed by atoms with Gasteiger partial charge < -0.3 is 10.1 Å². The number of thioether (sulfide) groups is 1. The highest BCUT2D eigenvalue weighted by molar-refractivity contribution is 8.00. The minimum Gasteiger partial charge on any atom is -0.497 e. The molecule has 2 aromatic rings. The van der Waals surface area contributed by atoms with Crippen molar-refractivity contribution in [1.82, 2.24) is 15.8 Å². The number of carbonyl (C=O) groups excluding carboxylic acids is 3. The zero-order valence-corrected chi connectivity index (χ0v) is 16.6. The lowest BCUT2D eigenvalue weighted by Gasteiger charge is -2.22. The largest absolute Gasteiger partial charge is 0.497 e. The Balaban J connectivity index is 1.69. The van der Waals surface area contributed by atoms with Crippen LogP contribution in [-0.4, -0.2) is 35.7 Å². The molecule has 2 aromatic carbocycles. The zero-order valence-electron chi connectivity index (χ0n) is 15.8. The first-order valence-corrected chi connectivity index (χ1v) is 9.63. The van der Waals surface area contributed by atoms with Gasteiger partial charge >= 0.3 is 6.03 Å². The molecule has 1 aliphatic rings. The molecule has 7 nitrogen and oxygen atoms in total. The van der Waals surface area contributed by atoms with Crippen molar-refractivity contribution in [3.05, 3.63) is 59.7 Å². The van der Waals surface area contributed by atoms with E-state index < -0.39 is 23.4 Å². The fraction of sp³-hybridized carbons (Fsp3) is 0.250. The van der Waals surface area contributed by atoms with Crippen LogP contribution in [-0.2, 0) is 15.1 Å². The minimum atomic E-state index is -1.29. The summed E-state index contributed by atoms with van der Waals surface area (Å²) in [5.41, 5.74) is 2.74. The number of hydrazine groups is 1. The number of imide groups is 1. The Hall–Kier alpha value is -3.00. The number of urea groups is 1. The molecule has 1 aliphatic heterocycles. The molecule has 3 rings (SSSR count). The second-order valence-corrected chi connectivity index (χ2v) is 7.53. The number of carbonyl (C=O) groups is 3. The van der Waals surface area contributed by atoms with Crippen LogP contribution in [0.2, 0.25) is 0 Å². The molecule has 0 radical (unpaired) electrons. The number of ether oxygens (including phenoxy) is 1. The maximum Gasteiger partial charge on any atom is 0.344 e. The summed E-state index contributed by atoms with van der Waals surface area (Å²) in [7, 11) is 1.52. The van der Waals surface area contributed by atoms with Gasteiger partial charge in [0.2, 0.25) is 5.91 Å². The highest BCUT2D eigenvalue weighted by Crippen LogP contribution is 2.30. The van der Waals surface area contributed by atoms with Gasteiger partial charge in [0.1, 0.15) is 11.3 Å². The van der Waals surface area contributed by atoms with Crippen molar-refractivity contribution >= 4 is 29.6 Å². The van der Waals surface area contributed by atoms with Gasteiger partial charge in [-0.05, 0) is 43.2 Å². The summed E-state index contributed by atoms with van der Waals surface area (Å²) in [5, 5.41) is 3.38. The molecule has 0 spiro atoms. The maximum atomic E-state index is 12.9. The normalized spacial score (nSPS) is 18.8. The Kier molecular flexibility index (Phi) is 5.60. The summed E-state index contributed by atoms with van der Waals surface area (Å²) in [6, 6.07) is 13.9. The predicted molar refractivity (Wildman–Crippen MR) is 106 cm³/mol. The molecule has 146 valence electrons. The number of methoxy groups -OCH3 is 1. The van der Waals surface area contributed by atoms with Crippen LogP contribution in [0.3, 0.4) is 0 Å². The lowest BCUT2D eigenvalue weighted by Crippen LogP contribution is -2.48. The molecule has 0 saturated carbocycles. The van der Waals surface area contributed by atoms with E-state index >= 15 is 0 Å². The standard InChI is InChI=1S/C20H21N3O4S/c1-13-7-4-5-10-16(13)28-12-17(24)22-23-18(25)20(2,21-19(23)26)14-8-6-9-15(11-14)27-3/h4-11H,12H2,1-3H3,(H,21,26)(H,22,24)/t20-/m0/s1. The average Bonchev–Trinajstić information content (AvgIpc) is 2.91. The van der Waals surface area contributed by atoms with E-state index in [0.29, 0.717) is 11.3 Å². The quantitative estimate of drug-likeness (QED) is 0.576. The molecule has 4 amide bonds. The summed E-state index contributed by atoms with van der Waals surface area (Å²) >= 11 is 1.34. The van der Waals surface area contributed by atoms with E-state index in [1.54, 1.807) is 31.2 Å². The SMILES string of the molecule is COc1cccc([C@]2(C)NC(=O)N(NC(=O)CSc3ccccc3C)C2=O)c1. The number of amides is 4. The van der Waals surface area contributed by atoms with Gasteiger partial charge in [-0.3, -0.25) is 15.0 Å². The third-order valence-electron chi connectivity index (χ3n) is 4.53. The number of nitrogens with zero attached hydrogens (tertiary/aromatic N) is 1. The van der Waals surface area contributed by atoms with Crippen LogP contribution in [0.4, 0.5) is 4.79 Å². The molecular formula is C20H21N3O4S. The van der Waals surface area contributed by atoms with E-state index in [-0.39, 0.29) is 5.75 Å². The molecule has 1 saturated heterocycles. The molecule has 1 heterocycles. The fourth-order valence-corrected chi connectivity index (χ4v) is 3.71. The zero-order chi connectivity index (χ0) is 20.3. The van der Waals surface area contributed by atoms with E-state index in [0.717, 1.165) is 15.5 Å². The van der Waals surface area contributed by atoms with Crippen LogP contribution in [0.5, 0.6) is 5.75 Å². The average molecular weight is 399 g/mol. The molecule has 28 heavy (non-hydrogen) atoms. The van der Waals surface area contributed by atoms with Crippen molar-refractivity contribution in [2.24, 2.45) is 0 Å². The summed E-state index contributed by atoms with van der Waals surface area (Å²) in [6.45, 7) is 3.55. The predicted octanol–water partition coefficient (Wildman–Crippen LogP) is 2.59. The van der Waals surface area contributed by atoms with Crippen molar-refractivity contribution in [3.63, 3.8) is 0 Å². The van der Waals surface area contributed by atoms with E-state index in [9.17, 15) is 14.4 Å². The van der Waals surface area contributed by atoms with Crippen LogP contribution in [0.15, 0.2) is 53.4 Å². The Morgan fingerprint density at radius 1 is 1.21 bits per heavy atom. The maximum absolute atomic E-state index is 12.9. The van der Waals surface area contributed by atoms with Crippen LogP contribution >= 0.6 is 11.8 Å². The van der Waals surface area contributed by atoms with Crippen molar-refractivity contribution < 1.29 is 19.1 Å². The number of hydrogen-bond acceptors (Lipinski definition) is 5. The van der Waals surface area contributed by atoms with Crippen molar-refractivity contribution in [1.29, 1.82) is 0 Å². The Bertz CT molecular complexity index is 933. The first kappa shape index (κ1) is 19.8. The number of hydrogen-bond donors (Lipinski definition) is 2. The smallest absolute Gasteiger partial charge is 0.344 e. The summed E-state index contributed by atoms with van der Waals surface area (Å²) in [5.74, 6) is -0.345. The second-order valence-electron chi connectivity index (χ2n) is 6.52. The number of rotatable bonds is 6. The Morgan fingerprint density at radius 2 is 1.96 bits per heavy atom. The monoisotopic (exact) mass is 399 g/mol. The number of benzene rings is 2. The third kappa shape index (κ3) is 3.82. The first-order chi connectivity index (χ1) is 13.3. The molecule has 2 N–H and O–H groups in total. The van der Waals surface area contributed by atoms with Crippen molar-refractivity contribution in [3.8, 4) is 5.75 Å². The second kappa shape index (κ2) is 7.93. The lowest BCUT2D eigenvalue weighted by atomic mass is 9.92. The molecular weight excluding hydrogens is 378 g/mol. The fourth-order valence-electron chi connectivity index (χ4n) is 2.89. The molecule has 0 unspecified atom stereocenters. The molecule has 0 aliphatic carbocycles. The lowest BCUT2D eigenvalue weighted by molar-refractivity contribution is -0.138. The van der Waals surface area contributed by atoms with E-state index in [2.05, 4.69) is 10.7 Å². The first-order valence-electron chi connectivity index (χ1n) is 8.64. The topological polar surface area (TPSA) is 87.7 Å².